The molecule has 2 heteroatoms. The average molecular weight is 314 g/mol. The fraction of sp³-hybridized carbons (Fsp3) is 0.0952. The number of ketones is 1. The molecule has 0 N–H and O–H groups in total. The largest absolute Gasteiger partial charge is 0.289 e. The van der Waals surface area contributed by atoms with Gasteiger partial charge in [-0.05, 0) is 29.7 Å². The van der Waals surface area contributed by atoms with Gasteiger partial charge in [0.15, 0.2) is 5.78 Å². The molecule has 1 nitrogen and oxygen atoms in total. The van der Waals surface area contributed by atoms with Crippen molar-refractivity contribution in [2.75, 3.05) is 0 Å². The molecule has 2 aromatic carbocycles. The zero-order valence-electron chi connectivity index (χ0n) is 12.4. The molecule has 2 aromatic rings. The number of hydrogen-bond donors (Lipinski definition) is 1. The quantitative estimate of drug-likeness (QED) is 0.619. The first kappa shape index (κ1) is 13.1. The van der Waals surface area contributed by atoms with Crippen molar-refractivity contribution in [3.8, 4) is 11.1 Å². The molecule has 0 radical (unpaired) electrons. The maximum absolute atomic E-state index is 12.7. The molecular formula is C21H14OS. The van der Waals surface area contributed by atoms with Crippen molar-refractivity contribution in [2.24, 2.45) is 5.92 Å². The molecule has 110 valence electrons. The summed E-state index contributed by atoms with van der Waals surface area (Å²) in [5.41, 5.74) is 7.50. The Bertz CT molecular complexity index is 975. The highest BCUT2D eigenvalue weighted by atomic mass is 32.1. The van der Waals surface area contributed by atoms with Gasteiger partial charge in [-0.2, -0.15) is 0 Å². The van der Waals surface area contributed by atoms with Crippen LogP contribution in [0.25, 0.3) is 16.7 Å². The van der Waals surface area contributed by atoms with Gasteiger partial charge in [0.2, 0.25) is 0 Å². The lowest BCUT2D eigenvalue weighted by atomic mass is 9.93. The van der Waals surface area contributed by atoms with E-state index in [9.17, 15) is 4.79 Å². The number of fused-ring (bicyclic) bond motifs is 4. The SMILES string of the molecule is O=C1c2ccccc2-c2c1ccc(S)c2C1=C2CC2C=CC=C1. The minimum atomic E-state index is 0.124. The maximum atomic E-state index is 12.7. The predicted octanol–water partition coefficient (Wildman–Crippen LogP) is 5.09. The third-order valence-electron chi connectivity index (χ3n) is 4.93. The lowest BCUT2D eigenvalue weighted by Crippen LogP contribution is -1.96. The molecule has 1 unspecified atom stereocenters. The summed E-state index contributed by atoms with van der Waals surface area (Å²) in [6, 6.07) is 11.8. The van der Waals surface area contributed by atoms with Crippen LogP contribution in [0.1, 0.15) is 27.9 Å². The Hall–Kier alpha value is -2.32. The summed E-state index contributed by atoms with van der Waals surface area (Å²) in [6.07, 6.45) is 9.73. The van der Waals surface area contributed by atoms with Crippen LogP contribution in [-0.4, -0.2) is 5.78 Å². The van der Waals surface area contributed by atoms with E-state index in [4.69, 9.17) is 12.6 Å². The molecule has 3 aliphatic rings. The van der Waals surface area contributed by atoms with Crippen molar-refractivity contribution in [3.05, 3.63) is 83.0 Å². The van der Waals surface area contributed by atoms with E-state index in [-0.39, 0.29) is 5.78 Å². The Morgan fingerprint density at radius 1 is 0.913 bits per heavy atom. The van der Waals surface area contributed by atoms with Gasteiger partial charge in [-0.1, -0.05) is 54.1 Å². The second kappa shape index (κ2) is 4.59. The molecule has 1 fully saturated rings. The van der Waals surface area contributed by atoms with Crippen LogP contribution in [0.2, 0.25) is 0 Å². The number of benzene rings is 2. The number of allylic oxidation sites excluding steroid dienone is 6. The summed E-state index contributed by atoms with van der Waals surface area (Å²) < 4.78 is 0. The first-order valence-electron chi connectivity index (χ1n) is 7.84. The van der Waals surface area contributed by atoms with Gasteiger partial charge in [0.05, 0.1) is 0 Å². The highest BCUT2D eigenvalue weighted by molar-refractivity contribution is 7.80. The fourth-order valence-electron chi connectivity index (χ4n) is 3.75. The van der Waals surface area contributed by atoms with Gasteiger partial charge in [0.1, 0.15) is 0 Å². The number of hydrogen-bond acceptors (Lipinski definition) is 2. The summed E-state index contributed by atoms with van der Waals surface area (Å²) in [7, 11) is 0. The lowest BCUT2D eigenvalue weighted by Gasteiger charge is -2.13. The van der Waals surface area contributed by atoms with Gasteiger partial charge >= 0.3 is 0 Å². The summed E-state index contributed by atoms with van der Waals surface area (Å²) in [5, 5.41) is 0. The van der Waals surface area contributed by atoms with E-state index in [0.29, 0.717) is 5.92 Å². The van der Waals surface area contributed by atoms with Crippen LogP contribution in [-0.2, 0) is 0 Å². The first-order chi connectivity index (χ1) is 11.3. The van der Waals surface area contributed by atoms with E-state index < -0.39 is 0 Å². The van der Waals surface area contributed by atoms with Crippen LogP contribution in [0, 0.1) is 5.92 Å². The van der Waals surface area contributed by atoms with Gasteiger partial charge in [-0.15, -0.1) is 12.6 Å². The van der Waals surface area contributed by atoms with Gasteiger partial charge in [-0.25, -0.2) is 0 Å². The minimum absolute atomic E-state index is 0.124. The number of thiol groups is 1. The average Bonchev–Trinajstić information content (AvgIpc) is 3.29. The summed E-state index contributed by atoms with van der Waals surface area (Å²) in [5.74, 6) is 0.676. The Labute approximate surface area is 140 Å². The third-order valence-corrected chi connectivity index (χ3v) is 5.30. The van der Waals surface area contributed by atoms with Gasteiger partial charge < -0.3 is 0 Å². The lowest BCUT2D eigenvalue weighted by molar-refractivity contribution is 0.104. The molecule has 0 aromatic heterocycles. The van der Waals surface area contributed by atoms with Gasteiger partial charge in [0.25, 0.3) is 0 Å². The number of carbonyl (C=O) groups is 1. The standard InChI is InChI=1S/C21H14OS/c22-21-15-8-4-3-6-13(15)19-16(21)9-10-18(23)20(19)14-7-2-1-5-12-11-17(12)14/h1-10,12,23H,11H2. The van der Waals surface area contributed by atoms with E-state index in [0.717, 1.165) is 39.1 Å². The van der Waals surface area contributed by atoms with Crippen molar-refractivity contribution >= 4 is 24.0 Å². The highest BCUT2D eigenvalue weighted by Crippen LogP contribution is 2.51. The summed E-state index contributed by atoms with van der Waals surface area (Å²) in [4.78, 5) is 13.7. The molecule has 1 atom stereocenters. The van der Waals surface area contributed by atoms with Crippen LogP contribution in [0.5, 0.6) is 0 Å². The van der Waals surface area contributed by atoms with Crippen LogP contribution >= 0.6 is 12.6 Å². The number of carbonyl (C=O) groups excluding carboxylic acids is 1. The van der Waals surface area contributed by atoms with E-state index in [1.807, 2.05) is 36.4 Å². The van der Waals surface area contributed by atoms with E-state index in [1.165, 1.54) is 11.1 Å². The maximum Gasteiger partial charge on any atom is 0.194 e. The summed E-state index contributed by atoms with van der Waals surface area (Å²) in [6.45, 7) is 0. The zero-order valence-corrected chi connectivity index (χ0v) is 13.3. The van der Waals surface area contributed by atoms with Gasteiger partial charge in [-0.3, -0.25) is 4.79 Å². The van der Waals surface area contributed by atoms with E-state index in [1.54, 1.807) is 0 Å². The van der Waals surface area contributed by atoms with Crippen molar-refractivity contribution in [1.29, 1.82) is 0 Å². The molecule has 1 saturated carbocycles. The minimum Gasteiger partial charge on any atom is -0.289 e. The highest BCUT2D eigenvalue weighted by Gasteiger charge is 2.35. The third kappa shape index (κ3) is 1.79. The topological polar surface area (TPSA) is 17.1 Å². The Morgan fingerprint density at radius 2 is 1.74 bits per heavy atom. The Morgan fingerprint density at radius 3 is 2.61 bits per heavy atom. The van der Waals surface area contributed by atoms with E-state index in [2.05, 4.69) is 24.3 Å². The van der Waals surface area contributed by atoms with Crippen molar-refractivity contribution < 1.29 is 4.79 Å². The van der Waals surface area contributed by atoms with Crippen LogP contribution < -0.4 is 0 Å². The first-order valence-corrected chi connectivity index (χ1v) is 8.29. The second-order valence-corrected chi connectivity index (χ2v) is 6.73. The summed E-state index contributed by atoms with van der Waals surface area (Å²) >= 11 is 4.72. The van der Waals surface area contributed by atoms with Crippen LogP contribution in [0.4, 0.5) is 0 Å². The Balaban J connectivity index is 1.85. The predicted molar refractivity (Wildman–Crippen MR) is 95.9 cm³/mol. The molecule has 0 spiro atoms. The Kier molecular flexibility index (Phi) is 2.62. The normalized spacial score (nSPS) is 20.2. The molecule has 5 rings (SSSR count). The molecule has 3 aliphatic carbocycles. The van der Waals surface area contributed by atoms with Crippen molar-refractivity contribution in [1.82, 2.24) is 0 Å². The monoisotopic (exact) mass is 314 g/mol. The molecule has 0 aliphatic heterocycles. The molecule has 0 saturated heterocycles. The number of rotatable bonds is 1. The van der Waals surface area contributed by atoms with Crippen molar-refractivity contribution in [3.63, 3.8) is 0 Å². The molecule has 0 amide bonds. The van der Waals surface area contributed by atoms with Crippen molar-refractivity contribution in [2.45, 2.75) is 11.3 Å². The zero-order chi connectivity index (χ0) is 15.6. The van der Waals surface area contributed by atoms with Crippen LogP contribution in [0.3, 0.4) is 0 Å². The molecular weight excluding hydrogens is 300 g/mol. The van der Waals surface area contributed by atoms with Gasteiger partial charge in [0, 0.05) is 33.1 Å². The molecule has 0 bridgehead atoms. The van der Waals surface area contributed by atoms with E-state index >= 15 is 0 Å². The fourth-order valence-corrected chi connectivity index (χ4v) is 4.06. The molecule has 23 heavy (non-hydrogen) atoms. The molecule has 0 heterocycles. The second-order valence-electron chi connectivity index (χ2n) is 6.25. The van der Waals surface area contributed by atoms with Crippen LogP contribution in [0.15, 0.2) is 71.2 Å². The smallest absolute Gasteiger partial charge is 0.194 e.